The number of piperidine rings is 1. The van der Waals surface area contributed by atoms with E-state index in [1.807, 2.05) is 30.3 Å². The molecule has 1 saturated heterocycles. The molecule has 3 N–H and O–H groups in total. The highest BCUT2D eigenvalue weighted by Crippen LogP contribution is 2.22. The molecule has 1 aliphatic heterocycles. The van der Waals surface area contributed by atoms with E-state index in [-0.39, 0.29) is 17.3 Å². The first-order valence-electron chi connectivity index (χ1n) is 9.79. The Morgan fingerprint density at radius 2 is 2.17 bits per heavy atom. The van der Waals surface area contributed by atoms with Crippen molar-refractivity contribution in [3.8, 4) is 5.82 Å². The molecule has 0 spiro atoms. The molecule has 1 amide bonds. The molecule has 3 heterocycles. The second-order valence-electron chi connectivity index (χ2n) is 7.19. The van der Waals surface area contributed by atoms with Crippen LogP contribution in [0.5, 0.6) is 0 Å². The van der Waals surface area contributed by atoms with Crippen LogP contribution in [0, 0.1) is 0 Å². The van der Waals surface area contributed by atoms with Gasteiger partial charge in [-0.25, -0.2) is 10.1 Å². The van der Waals surface area contributed by atoms with Crippen molar-refractivity contribution in [3.05, 3.63) is 47.3 Å². The van der Waals surface area contributed by atoms with E-state index in [0.29, 0.717) is 18.3 Å². The second-order valence-corrected chi connectivity index (χ2v) is 7.19. The minimum Gasteiger partial charge on any atom is -0.378 e. The van der Waals surface area contributed by atoms with Gasteiger partial charge < -0.3 is 5.73 Å². The zero-order valence-corrected chi connectivity index (χ0v) is 16.6. The largest absolute Gasteiger partial charge is 0.378 e. The molecule has 0 bridgehead atoms. The Labute approximate surface area is 172 Å². The molecule has 0 saturated carbocycles. The van der Waals surface area contributed by atoms with Gasteiger partial charge in [0.1, 0.15) is 0 Å². The fraction of sp³-hybridized carbons (Fsp3) is 0.368. The number of hydrogen-bond acceptors (Lipinski definition) is 9. The monoisotopic (exact) mass is 409 g/mol. The van der Waals surface area contributed by atoms with Crippen LogP contribution in [0.1, 0.15) is 47.9 Å². The molecular formula is C19H23N9O2. The summed E-state index contributed by atoms with van der Waals surface area (Å²) in [7, 11) is 0. The first-order chi connectivity index (χ1) is 14.6. The molecular weight excluding hydrogens is 386 g/mol. The average molecular weight is 409 g/mol. The van der Waals surface area contributed by atoms with Crippen molar-refractivity contribution in [3.63, 3.8) is 0 Å². The molecule has 2 aromatic heterocycles. The van der Waals surface area contributed by atoms with Crippen LogP contribution in [0.3, 0.4) is 0 Å². The van der Waals surface area contributed by atoms with Crippen molar-refractivity contribution >= 4 is 17.9 Å². The Morgan fingerprint density at radius 3 is 2.90 bits per heavy atom. The molecule has 4 rings (SSSR count). The average Bonchev–Trinajstić information content (AvgIpc) is 3.36. The minimum atomic E-state index is -0.469. The highest BCUT2D eigenvalue weighted by molar-refractivity contribution is 5.94. The Morgan fingerprint density at radius 1 is 1.33 bits per heavy atom. The van der Waals surface area contributed by atoms with Gasteiger partial charge in [-0.1, -0.05) is 42.0 Å². The van der Waals surface area contributed by atoms with Gasteiger partial charge in [0, 0.05) is 12.6 Å². The predicted molar refractivity (Wildman–Crippen MR) is 109 cm³/mol. The van der Waals surface area contributed by atoms with Gasteiger partial charge in [0.05, 0.1) is 11.9 Å². The van der Waals surface area contributed by atoms with Crippen molar-refractivity contribution in [1.29, 1.82) is 0 Å². The van der Waals surface area contributed by atoms with E-state index in [1.54, 1.807) is 6.21 Å². The number of anilines is 1. The number of nitrogen functional groups attached to an aromatic ring is 1. The van der Waals surface area contributed by atoms with Gasteiger partial charge in [0.15, 0.2) is 5.69 Å². The van der Waals surface area contributed by atoms with E-state index in [1.165, 1.54) is 11.1 Å². The number of likely N-dealkylation sites (tertiary alicyclic amines) is 1. The van der Waals surface area contributed by atoms with Crippen LogP contribution in [0.4, 0.5) is 5.82 Å². The number of amides is 1. The quantitative estimate of drug-likeness (QED) is 0.459. The third-order valence-electron chi connectivity index (χ3n) is 5.15. The van der Waals surface area contributed by atoms with Crippen LogP contribution in [-0.2, 0) is 6.54 Å². The van der Waals surface area contributed by atoms with Crippen LogP contribution in [0.25, 0.3) is 5.82 Å². The number of aromatic nitrogens is 5. The number of nitrogens with two attached hydrogens (primary N) is 1. The summed E-state index contributed by atoms with van der Waals surface area (Å²) in [5.74, 6) is -0.195. The summed E-state index contributed by atoms with van der Waals surface area (Å²) in [4.78, 5) is 15.1. The van der Waals surface area contributed by atoms with Gasteiger partial charge in [-0.15, -0.1) is 5.10 Å². The molecule has 1 atom stereocenters. The van der Waals surface area contributed by atoms with Gasteiger partial charge in [0.25, 0.3) is 5.91 Å². The van der Waals surface area contributed by atoms with Crippen LogP contribution in [0.15, 0.2) is 40.1 Å². The minimum absolute atomic E-state index is 0.0712. The summed E-state index contributed by atoms with van der Waals surface area (Å²) in [5, 5.41) is 19.6. The molecule has 1 fully saturated rings. The van der Waals surface area contributed by atoms with Crippen LogP contribution in [-0.4, -0.2) is 54.9 Å². The van der Waals surface area contributed by atoms with Gasteiger partial charge >= 0.3 is 0 Å². The van der Waals surface area contributed by atoms with Crippen molar-refractivity contribution in [2.45, 2.75) is 38.8 Å². The summed E-state index contributed by atoms with van der Waals surface area (Å²) in [5.41, 5.74) is 9.93. The number of nitrogens with one attached hydrogen (secondary N) is 1. The van der Waals surface area contributed by atoms with E-state index >= 15 is 0 Å². The fourth-order valence-electron chi connectivity index (χ4n) is 3.47. The lowest BCUT2D eigenvalue weighted by molar-refractivity contribution is 0.0945. The molecule has 1 aromatic carbocycles. The SMILES string of the molecule is C[C@H]1CCCCN1Cc1c(C(=O)N/N=C/c2ccccc2)nnn1-c1nonc1N. The van der Waals surface area contributed by atoms with Gasteiger partial charge in [0.2, 0.25) is 11.6 Å². The van der Waals surface area contributed by atoms with Crippen LogP contribution >= 0.6 is 0 Å². The van der Waals surface area contributed by atoms with Gasteiger partial charge in [-0.05, 0) is 42.2 Å². The number of carbonyl (C=O) groups excluding carboxylic acids is 1. The molecule has 156 valence electrons. The highest BCUT2D eigenvalue weighted by Gasteiger charge is 2.27. The molecule has 0 radical (unpaired) electrons. The van der Waals surface area contributed by atoms with E-state index < -0.39 is 5.91 Å². The molecule has 11 nitrogen and oxygen atoms in total. The van der Waals surface area contributed by atoms with Crippen LogP contribution < -0.4 is 11.2 Å². The number of hydrogen-bond donors (Lipinski definition) is 2. The van der Waals surface area contributed by atoms with Crippen molar-refractivity contribution in [1.82, 2.24) is 35.6 Å². The second kappa shape index (κ2) is 8.82. The zero-order valence-electron chi connectivity index (χ0n) is 16.6. The number of hydrazone groups is 1. The maximum Gasteiger partial charge on any atom is 0.293 e. The third kappa shape index (κ3) is 4.20. The maximum absolute atomic E-state index is 12.8. The van der Waals surface area contributed by atoms with Gasteiger partial charge in [-0.2, -0.15) is 9.78 Å². The third-order valence-corrected chi connectivity index (χ3v) is 5.15. The summed E-state index contributed by atoms with van der Waals surface area (Å²) in [6, 6.07) is 9.84. The Hall–Kier alpha value is -3.60. The highest BCUT2D eigenvalue weighted by atomic mass is 16.6. The smallest absolute Gasteiger partial charge is 0.293 e. The molecule has 1 aliphatic rings. The van der Waals surface area contributed by atoms with E-state index in [9.17, 15) is 4.79 Å². The molecule has 3 aromatic rings. The number of rotatable bonds is 6. The summed E-state index contributed by atoms with van der Waals surface area (Å²) in [6.07, 6.45) is 4.95. The lowest BCUT2D eigenvalue weighted by Gasteiger charge is -2.33. The number of carbonyl (C=O) groups is 1. The first-order valence-corrected chi connectivity index (χ1v) is 9.79. The Kier molecular flexibility index (Phi) is 5.80. The zero-order chi connectivity index (χ0) is 20.9. The van der Waals surface area contributed by atoms with Gasteiger partial charge in [-0.3, -0.25) is 9.69 Å². The summed E-state index contributed by atoms with van der Waals surface area (Å²) < 4.78 is 6.10. The van der Waals surface area contributed by atoms with Crippen LogP contribution in [0.2, 0.25) is 0 Å². The number of nitrogens with zero attached hydrogens (tertiary/aromatic N) is 7. The molecule has 0 aliphatic carbocycles. The summed E-state index contributed by atoms with van der Waals surface area (Å²) in [6.45, 7) is 3.56. The Bertz CT molecular complexity index is 1030. The molecule has 0 unspecified atom stereocenters. The topological polar surface area (TPSA) is 140 Å². The van der Waals surface area contributed by atoms with E-state index in [0.717, 1.165) is 24.9 Å². The normalized spacial score (nSPS) is 17.4. The van der Waals surface area contributed by atoms with Crippen molar-refractivity contribution in [2.24, 2.45) is 5.10 Å². The summed E-state index contributed by atoms with van der Waals surface area (Å²) >= 11 is 0. The molecule has 30 heavy (non-hydrogen) atoms. The standard InChI is InChI=1S/C19H23N9O2/c1-13-7-5-6-10-27(13)12-15-16(22-26-28(15)18-17(20)24-30-25-18)19(29)23-21-11-14-8-3-2-4-9-14/h2-4,8-9,11,13H,5-7,10,12H2,1H3,(H2,20,24)(H,23,29)/b21-11+/t13-/m0/s1. The lowest BCUT2D eigenvalue weighted by atomic mass is 10.0. The van der Waals surface area contributed by atoms with E-state index in [4.69, 9.17) is 10.4 Å². The number of benzene rings is 1. The van der Waals surface area contributed by atoms with Crippen molar-refractivity contribution in [2.75, 3.05) is 12.3 Å². The predicted octanol–water partition coefficient (Wildman–Crippen LogP) is 1.37. The first kappa shape index (κ1) is 19.7. The van der Waals surface area contributed by atoms with E-state index in [2.05, 4.69) is 43.0 Å². The fourth-order valence-corrected chi connectivity index (χ4v) is 3.47. The molecule has 11 heteroatoms. The lowest BCUT2D eigenvalue weighted by Crippen LogP contribution is -2.38. The maximum atomic E-state index is 12.8. The Balaban J connectivity index is 1.60. The van der Waals surface area contributed by atoms with Crippen molar-refractivity contribution < 1.29 is 9.42 Å².